The highest BCUT2D eigenvalue weighted by Gasteiger charge is 2.31. The summed E-state index contributed by atoms with van der Waals surface area (Å²) in [4.78, 5) is 37.1. The molecule has 2 aromatic rings. The second-order valence-electron chi connectivity index (χ2n) is 7.05. The van der Waals surface area contributed by atoms with Crippen molar-refractivity contribution in [1.29, 1.82) is 0 Å². The minimum absolute atomic E-state index is 0.0330. The van der Waals surface area contributed by atoms with Crippen molar-refractivity contribution in [3.05, 3.63) is 74.1 Å². The summed E-state index contributed by atoms with van der Waals surface area (Å²) in [5.74, 6) is -0.273. The van der Waals surface area contributed by atoms with E-state index in [0.717, 1.165) is 6.42 Å². The highest BCUT2D eigenvalue weighted by atomic mass is 35.5. The van der Waals surface area contributed by atoms with Crippen LogP contribution in [0.1, 0.15) is 31.2 Å². The number of nitro groups is 1. The first-order chi connectivity index (χ1) is 15.3. The van der Waals surface area contributed by atoms with Crippen LogP contribution in [-0.2, 0) is 9.59 Å². The first-order valence-electron chi connectivity index (χ1n) is 9.89. The van der Waals surface area contributed by atoms with E-state index in [4.69, 9.17) is 23.8 Å². The lowest BCUT2D eigenvalue weighted by molar-refractivity contribution is -0.384. The van der Waals surface area contributed by atoms with Crippen LogP contribution in [0.25, 0.3) is 6.08 Å². The molecular weight excluding hydrogens is 470 g/mol. The lowest BCUT2D eigenvalue weighted by atomic mass is 10.1. The minimum atomic E-state index is -0.474. The molecule has 1 aliphatic rings. The van der Waals surface area contributed by atoms with Gasteiger partial charge in [0.25, 0.3) is 11.6 Å². The Morgan fingerprint density at radius 2 is 1.94 bits per heavy atom. The number of thiocarbonyl (C=S) groups is 1. The second-order valence-corrected chi connectivity index (χ2v) is 9.16. The van der Waals surface area contributed by atoms with Gasteiger partial charge in [0.1, 0.15) is 4.32 Å². The number of thioether (sulfide) groups is 1. The molecule has 7 nitrogen and oxygen atoms in total. The van der Waals surface area contributed by atoms with Crippen molar-refractivity contribution < 1.29 is 14.5 Å². The van der Waals surface area contributed by atoms with Crippen LogP contribution in [0.5, 0.6) is 0 Å². The number of non-ortho nitro benzene ring substituents is 1. The molecule has 1 N–H and O–H groups in total. The lowest BCUT2D eigenvalue weighted by Crippen LogP contribution is -2.29. The van der Waals surface area contributed by atoms with Crippen LogP contribution in [0.4, 0.5) is 11.4 Å². The summed E-state index contributed by atoms with van der Waals surface area (Å²) in [5.41, 5.74) is 1.24. The maximum atomic E-state index is 12.7. The van der Waals surface area contributed by atoms with E-state index >= 15 is 0 Å². The van der Waals surface area contributed by atoms with Gasteiger partial charge in [-0.3, -0.25) is 24.6 Å². The van der Waals surface area contributed by atoms with Gasteiger partial charge in [0.2, 0.25) is 5.91 Å². The van der Waals surface area contributed by atoms with Crippen LogP contribution in [0.3, 0.4) is 0 Å². The van der Waals surface area contributed by atoms with E-state index in [1.54, 1.807) is 42.5 Å². The van der Waals surface area contributed by atoms with Crippen molar-refractivity contribution in [2.75, 3.05) is 11.9 Å². The molecule has 0 aliphatic carbocycles. The first kappa shape index (κ1) is 23.9. The first-order valence-corrected chi connectivity index (χ1v) is 11.5. The quantitative estimate of drug-likeness (QED) is 0.161. The number of benzene rings is 2. The van der Waals surface area contributed by atoms with Gasteiger partial charge in [-0.05, 0) is 48.7 Å². The Morgan fingerprint density at radius 3 is 2.66 bits per heavy atom. The molecule has 3 rings (SSSR count). The van der Waals surface area contributed by atoms with Gasteiger partial charge >= 0.3 is 0 Å². The van der Waals surface area contributed by atoms with Crippen molar-refractivity contribution >= 4 is 69.2 Å². The van der Waals surface area contributed by atoms with E-state index in [-0.39, 0.29) is 17.5 Å². The maximum absolute atomic E-state index is 12.7. The standard InChI is InChI=1S/C22H20ClN3O4S2/c23-16-8-10-17(11-9-16)24-20(27)7-2-1-3-12-25-21(28)19(32-22(25)31)14-15-5-4-6-18(13-15)26(29)30/h4-6,8-11,13-14H,1-3,7,12H2,(H,24,27)/b19-14-. The highest BCUT2D eigenvalue weighted by molar-refractivity contribution is 8.26. The van der Waals surface area contributed by atoms with Gasteiger partial charge < -0.3 is 5.32 Å². The zero-order valence-corrected chi connectivity index (χ0v) is 19.3. The number of nitrogens with zero attached hydrogens (tertiary/aromatic N) is 2. The molecular formula is C22H20ClN3O4S2. The summed E-state index contributed by atoms with van der Waals surface area (Å²) in [6.45, 7) is 0.468. The predicted octanol–water partition coefficient (Wildman–Crippen LogP) is 5.65. The molecule has 0 bridgehead atoms. The van der Waals surface area contributed by atoms with Crippen LogP contribution in [-0.4, -0.2) is 32.5 Å². The summed E-state index contributed by atoms with van der Waals surface area (Å²) >= 11 is 12.3. The third kappa shape index (κ3) is 6.62. The van der Waals surface area contributed by atoms with Crippen LogP contribution >= 0.6 is 35.6 Å². The minimum Gasteiger partial charge on any atom is -0.326 e. The number of carbonyl (C=O) groups excluding carboxylic acids is 2. The molecule has 2 amide bonds. The van der Waals surface area contributed by atoms with Gasteiger partial charge in [-0.1, -0.05) is 54.1 Å². The zero-order valence-electron chi connectivity index (χ0n) is 17.0. The van der Waals surface area contributed by atoms with Crippen molar-refractivity contribution in [2.24, 2.45) is 0 Å². The monoisotopic (exact) mass is 489 g/mol. The molecule has 32 heavy (non-hydrogen) atoms. The van der Waals surface area contributed by atoms with Crippen molar-refractivity contribution in [3.8, 4) is 0 Å². The molecule has 1 saturated heterocycles. The third-order valence-electron chi connectivity index (χ3n) is 4.67. The predicted molar refractivity (Wildman–Crippen MR) is 132 cm³/mol. The topological polar surface area (TPSA) is 92.5 Å². The molecule has 1 heterocycles. The van der Waals surface area contributed by atoms with Crippen LogP contribution in [0.2, 0.25) is 5.02 Å². The van der Waals surface area contributed by atoms with E-state index in [1.165, 1.54) is 28.8 Å². The van der Waals surface area contributed by atoms with Crippen molar-refractivity contribution in [3.63, 3.8) is 0 Å². The van der Waals surface area contributed by atoms with Gasteiger partial charge in [-0.2, -0.15) is 0 Å². The normalized spacial score (nSPS) is 14.8. The van der Waals surface area contributed by atoms with Gasteiger partial charge in [0, 0.05) is 35.8 Å². The summed E-state index contributed by atoms with van der Waals surface area (Å²) in [6, 6.07) is 13.0. The Kier molecular flexibility index (Phi) is 8.38. The molecule has 2 aromatic carbocycles. The summed E-state index contributed by atoms with van der Waals surface area (Å²) in [6.07, 6.45) is 4.18. The average Bonchev–Trinajstić information content (AvgIpc) is 3.02. The Bertz CT molecular complexity index is 1070. The van der Waals surface area contributed by atoms with Gasteiger partial charge in [0.05, 0.1) is 9.83 Å². The van der Waals surface area contributed by atoms with E-state index in [0.29, 0.717) is 51.3 Å². The number of anilines is 1. The molecule has 0 saturated carbocycles. The number of carbonyl (C=O) groups is 2. The van der Waals surface area contributed by atoms with E-state index in [1.807, 2.05) is 0 Å². The number of nitro benzene ring substituents is 1. The second kappa shape index (κ2) is 11.2. The molecule has 0 aromatic heterocycles. The Morgan fingerprint density at radius 1 is 1.19 bits per heavy atom. The molecule has 1 aliphatic heterocycles. The Labute approximate surface area is 200 Å². The molecule has 10 heteroatoms. The summed E-state index contributed by atoms with van der Waals surface area (Å²) in [5, 5.41) is 14.4. The largest absolute Gasteiger partial charge is 0.326 e. The fraction of sp³-hybridized carbons (Fsp3) is 0.227. The molecule has 0 spiro atoms. The smallest absolute Gasteiger partial charge is 0.270 e. The number of rotatable bonds is 9. The number of hydrogen-bond acceptors (Lipinski definition) is 6. The molecule has 1 fully saturated rings. The Hall–Kier alpha value is -2.75. The van der Waals surface area contributed by atoms with E-state index < -0.39 is 4.92 Å². The lowest BCUT2D eigenvalue weighted by Gasteiger charge is -2.14. The van der Waals surface area contributed by atoms with Crippen LogP contribution in [0.15, 0.2) is 53.4 Å². The van der Waals surface area contributed by atoms with Gasteiger partial charge in [0.15, 0.2) is 0 Å². The fourth-order valence-corrected chi connectivity index (χ4v) is 4.50. The van der Waals surface area contributed by atoms with Crippen molar-refractivity contribution in [2.45, 2.75) is 25.7 Å². The number of nitrogens with one attached hydrogen (secondary N) is 1. The van der Waals surface area contributed by atoms with Crippen LogP contribution in [0, 0.1) is 10.1 Å². The van der Waals surface area contributed by atoms with Crippen LogP contribution < -0.4 is 5.32 Å². The third-order valence-corrected chi connectivity index (χ3v) is 6.30. The summed E-state index contributed by atoms with van der Waals surface area (Å²) < 4.78 is 0.465. The fourth-order valence-electron chi connectivity index (χ4n) is 3.06. The van der Waals surface area contributed by atoms with Gasteiger partial charge in [-0.25, -0.2) is 0 Å². The zero-order chi connectivity index (χ0) is 23.1. The molecule has 0 radical (unpaired) electrons. The summed E-state index contributed by atoms with van der Waals surface area (Å²) in [7, 11) is 0. The maximum Gasteiger partial charge on any atom is 0.270 e. The number of hydrogen-bond donors (Lipinski definition) is 1. The Balaban J connectivity index is 1.44. The van der Waals surface area contributed by atoms with E-state index in [9.17, 15) is 19.7 Å². The van der Waals surface area contributed by atoms with Gasteiger partial charge in [-0.15, -0.1) is 0 Å². The molecule has 0 atom stereocenters. The van der Waals surface area contributed by atoms with E-state index in [2.05, 4.69) is 5.32 Å². The molecule has 0 unspecified atom stereocenters. The number of halogens is 1. The number of amides is 2. The SMILES string of the molecule is O=C(CCCCCN1C(=O)/C(=C/c2cccc([N+](=O)[O-])c2)SC1=S)Nc1ccc(Cl)cc1. The van der Waals surface area contributed by atoms with Crippen molar-refractivity contribution in [1.82, 2.24) is 4.90 Å². The number of unbranched alkanes of at least 4 members (excludes halogenated alkanes) is 2. The molecule has 166 valence electrons. The average molecular weight is 490 g/mol. The highest BCUT2D eigenvalue weighted by Crippen LogP contribution is 2.33.